The van der Waals surface area contributed by atoms with Gasteiger partial charge in [-0.05, 0) is 18.6 Å². The molecule has 1 aliphatic rings. The van der Waals surface area contributed by atoms with Crippen molar-refractivity contribution in [3.05, 3.63) is 59.8 Å². The fraction of sp³-hybridized carbons (Fsp3) is 0.167. The Morgan fingerprint density at radius 1 is 0.900 bits per heavy atom. The van der Waals surface area contributed by atoms with Gasteiger partial charge in [0.1, 0.15) is 0 Å². The number of carbonyl (C=O) groups excluding carboxylic acids is 2. The molecule has 148 valence electrons. The van der Waals surface area contributed by atoms with E-state index in [1.807, 2.05) is 54.2 Å². The number of para-hydroxylation sites is 1. The molecule has 0 aliphatic carbocycles. The Labute approximate surface area is 171 Å². The molecule has 5 aromatic rings. The number of benzene rings is 3. The van der Waals surface area contributed by atoms with Crippen molar-refractivity contribution in [2.24, 2.45) is 7.05 Å². The fourth-order valence-corrected chi connectivity index (χ4v) is 5.07. The number of hydrogen-bond donors (Lipinski definition) is 2. The minimum absolute atomic E-state index is 0.0813. The summed E-state index contributed by atoms with van der Waals surface area (Å²) in [4.78, 5) is 25.9. The smallest absolute Gasteiger partial charge is 0.259 e. The fourth-order valence-electron chi connectivity index (χ4n) is 5.07. The van der Waals surface area contributed by atoms with Gasteiger partial charge in [-0.15, -0.1) is 0 Å². The van der Waals surface area contributed by atoms with Crippen LogP contribution in [0.15, 0.2) is 48.7 Å². The van der Waals surface area contributed by atoms with E-state index in [2.05, 4.69) is 16.0 Å². The molecular formula is C24H19N3O3. The van der Waals surface area contributed by atoms with Gasteiger partial charge in [0.2, 0.25) is 0 Å². The number of hydrogen-bond acceptors (Lipinski definition) is 3. The van der Waals surface area contributed by atoms with Crippen LogP contribution in [0.5, 0.6) is 0 Å². The van der Waals surface area contributed by atoms with Gasteiger partial charge >= 0.3 is 0 Å². The lowest BCUT2D eigenvalue weighted by atomic mass is 9.93. The Morgan fingerprint density at radius 2 is 1.63 bits per heavy atom. The molecule has 0 bridgehead atoms. The standard InChI is InChI=1S/C24H19N3O3/c1-26-11-9-13-7-8-15-18(21(13)26)20-19(23(29)25-24(20)30)17-14-5-2-3-6-16(14)27(22(15)17)10-4-12-28/h2-3,5-9,11,28H,4,10,12H2,1H3,(H,25,29,30). The van der Waals surface area contributed by atoms with E-state index >= 15 is 0 Å². The minimum atomic E-state index is -0.349. The maximum absolute atomic E-state index is 13.0. The molecule has 0 fully saturated rings. The molecule has 2 N–H and O–H groups in total. The van der Waals surface area contributed by atoms with Crippen LogP contribution in [-0.4, -0.2) is 32.7 Å². The number of rotatable bonds is 3. The number of nitrogens with one attached hydrogen (secondary N) is 1. The molecule has 0 saturated carbocycles. The van der Waals surface area contributed by atoms with Crippen LogP contribution in [0.4, 0.5) is 0 Å². The van der Waals surface area contributed by atoms with Crippen LogP contribution < -0.4 is 5.32 Å². The second kappa shape index (κ2) is 5.93. The lowest BCUT2D eigenvalue weighted by Crippen LogP contribution is -2.20. The summed E-state index contributed by atoms with van der Waals surface area (Å²) in [5.74, 6) is -0.694. The van der Waals surface area contributed by atoms with Crippen LogP contribution in [0.2, 0.25) is 0 Å². The highest BCUT2D eigenvalue weighted by atomic mass is 16.3. The first-order valence-electron chi connectivity index (χ1n) is 10.0. The quantitative estimate of drug-likeness (QED) is 0.456. The zero-order valence-electron chi connectivity index (χ0n) is 16.4. The van der Waals surface area contributed by atoms with Crippen LogP contribution in [0.1, 0.15) is 27.1 Å². The zero-order chi connectivity index (χ0) is 20.6. The first kappa shape index (κ1) is 17.2. The van der Waals surface area contributed by atoms with E-state index in [0.717, 1.165) is 43.5 Å². The van der Waals surface area contributed by atoms with Crippen molar-refractivity contribution in [2.75, 3.05) is 6.61 Å². The zero-order valence-corrected chi connectivity index (χ0v) is 16.4. The van der Waals surface area contributed by atoms with Crippen LogP contribution in [-0.2, 0) is 13.6 Å². The third-order valence-electron chi connectivity index (χ3n) is 6.24. The van der Waals surface area contributed by atoms with E-state index in [-0.39, 0.29) is 18.4 Å². The molecule has 30 heavy (non-hydrogen) atoms. The molecule has 1 aliphatic heterocycles. The maximum Gasteiger partial charge on any atom is 0.259 e. The largest absolute Gasteiger partial charge is 0.396 e. The predicted molar refractivity (Wildman–Crippen MR) is 117 cm³/mol. The minimum Gasteiger partial charge on any atom is -0.396 e. The molecule has 2 amide bonds. The van der Waals surface area contributed by atoms with Gasteiger partial charge in [-0.25, -0.2) is 0 Å². The number of aryl methyl sites for hydroxylation is 2. The van der Waals surface area contributed by atoms with E-state index in [4.69, 9.17) is 0 Å². The predicted octanol–water partition coefficient (Wildman–Crippen LogP) is 3.71. The number of imide groups is 1. The second-order valence-electron chi connectivity index (χ2n) is 7.86. The van der Waals surface area contributed by atoms with E-state index < -0.39 is 0 Å². The molecule has 6 rings (SSSR count). The highest BCUT2D eigenvalue weighted by Gasteiger charge is 2.35. The van der Waals surface area contributed by atoms with E-state index in [9.17, 15) is 14.7 Å². The van der Waals surface area contributed by atoms with Crippen molar-refractivity contribution in [3.8, 4) is 0 Å². The van der Waals surface area contributed by atoms with Crippen molar-refractivity contribution >= 4 is 55.3 Å². The number of carbonyl (C=O) groups is 2. The molecule has 0 radical (unpaired) electrons. The number of fused-ring (bicyclic) bond motifs is 10. The molecule has 3 heterocycles. The maximum atomic E-state index is 13.0. The summed E-state index contributed by atoms with van der Waals surface area (Å²) in [5, 5.41) is 16.5. The summed E-state index contributed by atoms with van der Waals surface area (Å²) in [7, 11) is 1.95. The number of amides is 2. The normalized spacial score (nSPS) is 13.8. The third-order valence-corrected chi connectivity index (χ3v) is 6.24. The monoisotopic (exact) mass is 397 g/mol. The van der Waals surface area contributed by atoms with Gasteiger partial charge in [-0.2, -0.15) is 0 Å². The first-order chi connectivity index (χ1) is 14.6. The van der Waals surface area contributed by atoms with Gasteiger partial charge in [-0.1, -0.05) is 30.3 Å². The molecule has 0 spiro atoms. The van der Waals surface area contributed by atoms with Crippen molar-refractivity contribution in [1.82, 2.24) is 14.5 Å². The molecule has 2 aromatic heterocycles. The summed E-state index contributed by atoms with van der Waals surface area (Å²) in [5.41, 5.74) is 3.78. The van der Waals surface area contributed by atoms with E-state index in [1.165, 1.54) is 0 Å². The van der Waals surface area contributed by atoms with Crippen LogP contribution in [0.3, 0.4) is 0 Å². The average Bonchev–Trinajstić information content (AvgIpc) is 3.38. The van der Waals surface area contributed by atoms with E-state index in [1.54, 1.807) is 0 Å². The number of aromatic nitrogens is 2. The summed E-state index contributed by atoms with van der Waals surface area (Å²) in [6.45, 7) is 0.701. The Kier molecular flexibility index (Phi) is 3.41. The topological polar surface area (TPSA) is 76.3 Å². The molecule has 0 unspecified atom stereocenters. The molecule has 6 nitrogen and oxygen atoms in total. The van der Waals surface area contributed by atoms with Gasteiger partial charge in [0.25, 0.3) is 11.8 Å². The molecule has 0 atom stereocenters. The summed E-state index contributed by atoms with van der Waals surface area (Å²) < 4.78 is 4.18. The van der Waals surface area contributed by atoms with Gasteiger partial charge in [0, 0.05) is 58.8 Å². The number of aliphatic hydroxyl groups is 1. The SMILES string of the molecule is Cn1ccc2ccc3c(c4c(c5c6ccccc6n(CCCO)c35)C(=O)NC4=O)c21. The third kappa shape index (κ3) is 2.01. The lowest BCUT2D eigenvalue weighted by molar-refractivity contribution is 0.0880. The highest BCUT2D eigenvalue weighted by Crippen LogP contribution is 2.43. The van der Waals surface area contributed by atoms with Crippen molar-refractivity contribution in [1.29, 1.82) is 0 Å². The van der Waals surface area contributed by atoms with Gasteiger partial charge < -0.3 is 14.2 Å². The number of nitrogens with zero attached hydrogens (tertiary/aromatic N) is 2. The van der Waals surface area contributed by atoms with Crippen LogP contribution in [0, 0.1) is 0 Å². The van der Waals surface area contributed by atoms with Crippen molar-refractivity contribution in [2.45, 2.75) is 13.0 Å². The Bertz CT molecular complexity index is 1550. The van der Waals surface area contributed by atoms with E-state index in [0.29, 0.717) is 24.1 Å². The Morgan fingerprint density at radius 3 is 2.40 bits per heavy atom. The highest BCUT2D eigenvalue weighted by molar-refractivity contribution is 6.39. The Hall–Kier alpha value is -3.64. The van der Waals surface area contributed by atoms with Crippen LogP contribution >= 0.6 is 0 Å². The summed E-state index contributed by atoms with van der Waals surface area (Å²) >= 11 is 0. The van der Waals surface area contributed by atoms with Crippen LogP contribution in [0.25, 0.3) is 43.5 Å². The van der Waals surface area contributed by atoms with Gasteiger partial charge in [-0.3, -0.25) is 14.9 Å². The number of aliphatic hydroxyl groups excluding tert-OH is 1. The summed E-state index contributed by atoms with van der Waals surface area (Å²) in [6.07, 6.45) is 2.57. The van der Waals surface area contributed by atoms with Gasteiger partial charge in [0.05, 0.1) is 22.2 Å². The molecule has 0 saturated heterocycles. The average molecular weight is 397 g/mol. The van der Waals surface area contributed by atoms with Crippen molar-refractivity contribution < 1.29 is 14.7 Å². The second-order valence-corrected chi connectivity index (χ2v) is 7.86. The summed E-state index contributed by atoms with van der Waals surface area (Å²) in [6, 6.07) is 14.1. The van der Waals surface area contributed by atoms with Gasteiger partial charge in [0.15, 0.2) is 0 Å². The Balaban J connectivity index is 1.97. The first-order valence-corrected chi connectivity index (χ1v) is 10.0. The molecule has 6 heteroatoms. The molecule has 3 aromatic carbocycles. The lowest BCUT2D eigenvalue weighted by Gasteiger charge is -2.13. The molecular weight excluding hydrogens is 378 g/mol. The van der Waals surface area contributed by atoms with Crippen molar-refractivity contribution in [3.63, 3.8) is 0 Å².